The summed E-state index contributed by atoms with van der Waals surface area (Å²) in [5.41, 5.74) is 0.110. The molecule has 2 rings (SSSR count). The number of nitrogens with two attached hydrogens (primary N) is 1. The summed E-state index contributed by atoms with van der Waals surface area (Å²) in [5, 5.41) is 4.81. The van der Waals surface area contributed by atoms with Crippen LogP contribution in [0.5, 0.6) is 17.2 Å². The Labute approximate surface area is 176 Å². The molecule has 0 atom stereocenters. The van der Waals surface area contributed by atoms with E-state index in [2.05, 4.69) is 13.1 Å². The first-order chi connectivity index (χ1) is 12.8. The lowest BCUT2D eigenvalue weighted by atomic mass is 10.3. The zero-order valence-electron chi connectivity index (χ0n) is 13.7. The molecule has 2 aromatic rings. The molecule has 0 unspecified atom stereocenters. The molecule has 0 bridgehead atoms. The van der Waals surface area contributed by atoms with Crippen molar-refractivity contribution in [3.63, 3.8) is 0 Å². The average molecular weight is 492 g/mol. The first-order valence-corrected chi connectivity index (χ1v) is 11.2. The topological polar surface area (TPSA) is 134 Å². The van der Waals surface area contributed by atoms with Gasteiger partial charge in [-0.2, -0.15) is 22.0 Å². The SMILES string of the molecule is NS(=O)(=O)Oc1cccc(Oc2cccc(NS(=O)(=O)OCC(Cl)(Cl)Cl)c2)c1. The van der Waals surface area contributed by atoms with Gasteiger partial charge in [0.25, 0.3) is 0 Å². The maximum atomic E-state index is 11.9. The van der Waals surface area contributed by atoms with E-state index in [1.165, 1.54) is 48.5 Å². The Kier molecular flexibility index (Phi) is 7.26. The highest BCUT2D eigenvalue weighted by Gasteiger charge is 2.24. The van der Waals surface area contributed by atoms with Gasteiger partial charge in [-0.25, -0.2) is 4.18 Å². The van der Waals surface area contributed by atoms with Crippen LogP contribution in [0.15, 0.2) is 48.5 Å². The Morgan fingerprint density at radius 2 is 1.50 bits per heavy atom. The molecular formula is C14H13Cl3N2O7S2. The summed E-state index contributed by atoms with van der Waals surface area (Å²) < 4.78 is 60.6. The third kappa shape index (κ3) is 8.69. The van der Waals surface area contributed by atoms with Crippen LogP contribution in [0.3, 0.4) is 0 Å². The van der Waals surface area contributed by atoms with Gasteiger partial charge in [-0.1, -0.05) is 46.9 Å². The van der Waals surface area contributed by atoms with E-state index in [9.17, 15) is 16.8 Å². The van der Waals surface area contributed by atoms with Crippen molar-refractivity contribution in [2.45, 2.75) is 3.79 Å². The fraction of sp³-hybridized carbons (Fsp3) is 0.143. The van der Waals surface area contributed by atoms with Crippen molar-refractivity contribution in [3.8, 4) is 17.2 Å². The molecule has 0 aliphatic rings. The molecule has 0 aromatic heterocycles. The quantitative estimate of drug-likeness (QED) is 0.542. The Hall–Kier alpha value is -1.47. The number of anilines is 1. The molecule has 14 heteroatoms. The van der Waals surface area contributed by atoms with E-state index in [1.807, 2.05) is 0 Å². The molecule has 28 heavy (non-hydrogen) atoms. The first kappa shape index (κ1) is 22.8. The third-order valence-corrected chi connectivity index (χ3v) is 4.37. The molecule has 0 saturated carbocycles. The van der Waals surface area contributed by atoms with E-state index < -0.39 is 31.0 Å². The standard InChI is InChI=1S/C14H13Cl3N2O7S2/c15-14(16,17)9-24-28(22,23)19-10-3-1-4-11(7-10)25-12-5-2-6-13(8-12)26-27(18,20)21/h1-8,19H,9H2,(H2,18,20,21). The van der Waals surface area contributed by atoms with Crippen LogP contribution < -0.4 is 18.8 Å². The van der Waals surface area contributed by atoms with Crippen LogP contribution in [0.1, 0.15) is 0 Å². The van der Waals surface area contributed by atoms with Crippen molar-refractivity contribution in [1.82, 2.24) is 0 Å². The van der Waals surface area contributed by atoms with Gasteiger partial charge in [0.15, 0.2) is 0 Å². The van der Waals surface area contributed by atoms with Crippen molar-refractivity contribution >= 4 is 61.1 Å². The zero-order chi connectivity index (χ0) is 21.0. The fourth-order valence-electron chi connectivity index (χ4n) is 1.80. The van der Waals surface area contributed by atoms with Crippen molar-refractivity contribution in [3.05, 3.63) is 48.5 Å². The van der Waals surface area contributed by atoms with Crippen LogP contribution in [-0.4, -0.2) is 27.2 Å². The predicted octanol–water partition coefficient (Wildman–Crippen LogP) is 3.10. The number of halogens is 3. The van der Waals surface area contributed by atoms with E-state index >= 15 is 0 Å². The summed E-state index contributed by atoms with van der Waals surface area (Å²) in [5.74, 6) is 0.389. The van der Waals surface area contributed by atoms with Crippen molar-refractivity contribution in [1.29, 1.82) is 0 Å². The molecule has 0 aliphatic heterocycles. The van der Waals surface area contributed by atoms with Gasteiger partial charge in [-0.3, -0.25) is 4.72 Å². The molecular weight excluding hydrogens is 479 g/mol. The number of hydrogen-bond donors (Lipinski definition) is 2. The predicted molar refractivity (Wildman–Crippen MR) is 105 cm³/mol. The van der Waals surface area contributed by atoms with E-state index in [4.69, 9.17) is 44.7 Å². The Morgan fingerprint density at radius 3 is 2.11 bits per heavy atom. The lowest BCUT2D eigenvalue weighted by Gasteiger charge is -2.13. The minimum Gasteiger partial charge on any atom is -0.457 e. The third-order valence-electron chi connectivity index (χ3n) is 2.71. The van der Waals surface area contributed by atoms with E-state index in [0.717, 1.165) is 0 Å². The molecule has 154 valence electrons. The molecule has 0 saturated heterocycles. The lowest BCUT2D eigenvalue weighted by molar-refractivity contribution is 0.329. The van der Waals surface area contributed by atoms with Crippen LogP contribution in [0.2, 0.25) is 0 Å². The van der Waals surface area contributed by atoms with Gasteiger partial charge in [0.05, 0.1) is 5.69 Å². The number of hydrogen-bond acceptors (Lipinski definition) is 7. The molecule has 0 aliphatic carbocycles. The van der Waals surface area contributed by atoms with Crippen molar-refractivity contribution in [2.75, 3.05) is 11.3 Å². The minimum atomic E-state index is -4.24. The summed E-state index contributed by atoms with van der Waals surface area (Å²) in [6, 6.07) is 11.5. The second kappa shape index (κ2) is 8.91. The van der Waals surface area contributed by atoms with Crippen molar-refractivity contribution in [2.24, 2.45) is 5.14 Å². The number of nitrogens with one attached hydrogen (secondary N) is 1. The Balaban J connectivity index is 2.10. The summed E-state index contributed by atoms with van der Waals surface area (Å²) >= 11 is 16.3. The molecule has 3 N–H and O–H groups in total. The number of alkyl halides is 3. The minimum absolute atomic E-state index is 0.0584. The Bertz CT molecular complexity index is 1040. The summed E-state index contributed by atoms with van der Waals surface area (Å²) in [4.78, 5) is 0. The van der Waals surface area contributed by atoms with Gasteiger partial charge in [-0.15, -0.1) is 0 Å². The summed E-state index contributed by atoms with van der Waals surface area (Å²) in [6.07, 6.45) is 0. The largest absolute Gasteiger partial charge is 0.457 e. The number of benzene rings is 2. The number of ether oxygens (including phenoxy) is 1. The van der Waals surface area contributed by atoms with Crippen LogP contribution in [-0.2, 0) is 24.8 Å². The van der Waals surface area contributed by atoms with Crippen molar-refractivity contribution < 1.29 is 29.9 Å². The monoisotopic (exact) mass is 490 g/mol. The first-order valence-electron chi connectivity index (χ1n) is 7.15. The van der Waals surface area contributed by atoms with E-state index in [0.29, 0.717) is 0 Å². The van der Waals surface area contributed by atoms with Gasteiger partial charge in [-0.05, 0) is 24.3 Å². The lowest BCUT2D eigenvalue weighted by Crippen LogP contribution is -2.22. The normalized spacial score (nSPS) is 12.4. The zero-order valence-corrected chi connectivity index (χ0v) is 17.6. The second-order valence-corrected chi connectivity index (χ2v) is 10.1. The number of rotatable bonds is 8. The van der Waals surface area contributed by atoms with Crippen LogP contribution >= 0.6 is 34.8 Å². The molecule has 0 radical (unpaired) electrons. The second-order valence-electron chi connectivity index (χ2n) is 5.11. The van der Waals surface area contributed by atoms with E-state index in [-0.39, 0.29) is 22.9 Å². The Morgan fingerprint density at radius 1 is 0.929 bits per heavy atom. The highest BCUT2D eigenvalue weighted by molar-refractivity contribution is 7.88. The highest BCUT2D eigenvalue weighted by atomic mass is 35.6. The average Bonchev–Trinajstić information content (AvgIpc) is 2.51. The molecule has 0 fully saturated rings. The summed E-state index contributed by atoms with van der Waals surface area (Å²) in [6.45, 7) is -0.681. The van der Waals surface area contributed by atoms with Crippen LogP contribution in [0, 0.1) is 0 Å². The fourth-order valence-corrected chi connectivity index (χ4v) is 3.34. The van der Waals surface area contributed by atoms with E-state index in [1.54, 1.807) is 0 Å². The molecule has 0 spiro atoms. The van der Waals surface area contributed by atoms with Gasteiger partial charge < -0.3 is 8.92 Å². The maximum absolute atomic E-state index is 11.9. The molecule has 0 amide bonds. The maximum Gasteiger partial charge on any atom is 0.380 e. The van der Waals surface area contributed by atoms with Gasteiger partial charge in [0.1, 0.15) is 23.9 Å². The van der Waals surface area contributed by atoms with Crippen LogP contribution in [0.4, 0.5) is 5.69 Å². The molecule has 2 aromatic carbocycles. The highest BCUT2D eigenvalue weighted by Crippen LogP contribution is 2.29. The molecule has 0 heterocycles. The smallest absolute Gasteiger partial charge is 0.380 e. The van der Waals surface area contributed by atoms with Gasteiger partial charge in [0.2, 0.25) is 3.79 Å². The molecule has 9 nitrogen and oxygen atoms in total. The van der Waals surface area contributed by atoms with Gasteiger partial charge in [0, 0.05) is 12.1 Å². The van der Waals surface area contributed by atoms with Gasteiger partial charge >= 0.3 is 20.6 Å². The van der Waals surface area contributed by atoms with Crippen LogP contribution in [0.25, 0.3) is 0 Å². The summed E-state index contributed by atoms with van der Waals surface area (Å²) in [7, 11) is -8.43.